The number of nitrogens with one attached hydrogen (secondary N) is 1. The second-order valence-electron chi connectivity index (χ2n) is 2.89. The summed E-state index contributed by atoms with van der Waals surface area (Å²) >= 11 is 5.70. The average molecular weight is 211 g/mol. The fraction of sp³-hybridized carbons (Fsp3) is 0.333. The number of nitrogens with zero attached hydrogens (tertiary/aromatic N) is 2. The van der Waals surface area contributed by atoms with Crippen molar-refractivity contribution in [3.8, 4) is 12.3 Å². The Morgan fingerprint density at radius 3 is 3.00 bits per heavy atom. The van der Waals surface area contributed by atoms with Crippen LogP contribution in [0.1, 0.15) is 13.3 Å². The van der Waals surface area contributed by atoms with E-state index in [1.807, 2.05) is 6.92 Å². The molecule has 0 spiro atoms. The highest BCUT2D eigenvalue weighted by Gasteiger charge is 2.03. The first-order valence-corrected chi connectivity index (χ1v) is 4.49. The van der Waals surface area contributed by atoms with E-state index in [1.165, 1.54) is 0 Å². The molecule has 0 saturated carbocycles. The summed E-state index contributed by atoms with van der Waals surface area (Å²) in [6, 6.07) is 1.73. The van der Waals surface area contributed by atoms with Crippen LogP contribution in [0.15, 0.2) is 6.07 Å². The van der Waals surface area contributed by atoms with Crippen molar-refractivity contribution >= 4 is 23.4 Å². The second-order valence-corrected chi connectivity index (χ2v) is 3.27. The lowest BCUT2D eigenvalue weighted by molar-refractivity contribution is 0.821. The van der Waals surface area contributed by atoms with Crippen molar-refractivity contribution < 1.29 is 0 Å². The molecule has 0 bridgehead atoms. The van der Waals surface area contributed by atoms with Crippen molar-refractivity contribution in [3.63, 3.8) is 0 Å². The predicted molar refractivity (Wildman–Crippen MR) is 58.0 cm³/mol. The van der Waals surface area contributed by atoms with Gasteiger partial charge in [0.15, 0.2) is 0 Å². The van der Waals surface area contributed by atoms with Crippen LogP contribution in [0.25, 0.3) is 0 Å². The SMILES string of the molecule is C#CCC(C)Nc1cc(Cl)nc(N)n1. The van der Waals surface area contributed by atoms with Crippen LogP contribution >= 0.6 is 11.6 Å². The zero-order valence-corrected chi connectivity index (χ0v) is 8.54. The van der Waals surface area contributed by atoms with Gasteiger partial charge in [-0.2, -0.15) is 4.98 Å². The van der Waals surface area contributed by atoms with Crippen molar-refractivity contribution in [3.05, 3.63) is 11.2 Å². The molecule has 1 rings (SSSR count). The first-order valence-electron chi connectivity index (χ1n) is 4.12. The summed E-state index contributed by atoms with van der Waals surface area (Å²) < 4.78 is 0. The van der Waals surface area contributed by atoms with E-state index in [0.29, 0.717) is 17.4 Å². The van der Waals surface area contributed by atoms with E-state index >= 15 is 0 Å². The topological polar surface area (TPSA) is 63.8 Å². The molecular weight excluding hydrogens is 200 g/mol. The Balaban J connectivity index is 2.72. The molecule has 14 heavy (non-hydrogen) atoms. The van der Waals surface area contributed by atoms with Crippen LogP contribution in [-0.2, 0) is 0 Å². The van der Waals surface area contributed by atoms with E-state index < -0.39 is 0 Å². The molecular formula is C9H11ClN4. The smallest absolute Gasteiger partial charge is 0.223 e. The van der Waals surface area contributed by atoms with E-state index in [9.17, 15) is 0 Å². The van der Waals surface area contributed by atoms with E-state index in [2.05, 4.69) is 21.2 Å². The second kappa shape index (κ2) is 4.68. The molecule has 4 nitrogen and oxygen atoms in total. The van der Waals surface area contributed by atoms with Crippen molar-refractivity contribution in [2.45, 2.75) is 19.4 Å². The lowest BCUT2D eigenvalue weighted by Gasteiger charge is -2.11. The van der Waals surface area contributed by atoms with Gasteiger partial charge in [-0.25, -0.2) is 4.98 Å². The van der Waals surface area contributed by atoms with Gasteiger partial charge in [0.05, 0.1) is 0 Å². The Morgan fingerprint density at radius 1 is 1.71 bits per heavy atom. The monoisotopic (exact) mass is 210 g/mol. The van der Waals surface area contributed by atoms with Gasteiger partial charge in [0.25, 0.3) is 0 Å². The van der Waals surface area contributed by atoms with Crippen molar-refractivity contribution in [2.24, 2.45) is 0 Å². The lowest BCUT2D eigenvalue weighted by atomic mass is 10.2. The third-order valence-corrected chi connectivity index (χ3v) is 1.72. The van der Waals surface area contributed by atoms with Gasteiger partial charge in [0.2, 0.25) is 5.95 Å². The number of rotatable bonds is 3. The summed E-state index contributed by atoms with van der Waals surface area (Å²) in [7, 11) is 0. The molecule has 1 heterocycles. The third-order valence-electron chi connectivity index (χ3n) is 1.53. The van der Waals surface area contributed by atoms with Gasteiger partial charge in [0, 0.05) is 18.5 Å². The molecule has 1 aromatic heterocycles. The van der Waals surface area contributed by atoms with E-state index in [1.54, 1.807) is 6.07 Å². The van der Waals surface area contributed by atoms with E-state index in [4.69, 9.17) is 23.8 Å². The van der Waals surface area contributed by atoms with Gasteiger partial charge >= 0.3 is 0 Å². The minimum absolute atomic E-state index is 0.130. The number of terminal acetylenes is 1. The number of nitrogens with two attached hydrogens (primary N) is 1. The van der Waals surface area contributed by atoms with Crippen LogP contribution in [0, 0.1) is 12.3 Å². The maximum absolute atomic E-state index is 5.70. The number of halogens is 1. The van der Waals surface area contributed by atoms with Crippen molar-refractivity contribution in [2.75, 3.05) is 11.1 Å². The van der Waals surface area contributed by atoms with Crippen LogP contribution in [0.5, 0.6) is 0 Å². The highest BCUT2D eigenvalue weighted by atomic mass is 35.5. The zero-order valence-electron chi connectivity index (χ0n) is 7.79. The molecule has 74 valence electrons. The number of anilines is 2. The molecule has 0 saturated heterocycles. The summed E-state index contributed by atoms with van der Waals surface area (Å²) in [6.45, 7) is 1.95. The Hall–Kier alpha value is -1.47. The minimum Gasteiger partial charge on any atom is -0.368 e. The Bertz CT molecular complexity index is 338. The molecule has 0 aromatic carbocycles. The van der Waals surface area contributed by atoms with Gasteiger partial charge in [0.1, 0.15) is 11.0 Å². The minimum atomic E-state index is 0.130. The highest BCUT2D eigenvalue weighted by molar-refractivity contribution is 6.29. The standard InChI is InChI=1S/C9H11ClN4/c1-3-4-6(2)12-8-5-7(10)13-9(11)14-8/h1,5-6H,4H2,2H3,(H3,11,12,13,14). The Morgan fingerprint density at radius 2 is 2.43 bits per heavy atom. The van der Waals surface area contributed by atoms with Gasteiger partial charge in [-0.3, -0.25) is 0 Å². The number of aromatic nitrogens is 2. The number of hydrogen-bond acceptors (Lipinski definition) is 4. The van der Waals surface area contributed by atoms with Crippen molar-refractivity contribution in [1.29, 1.82) is 0 Å². The number of nitrogen functional groups attached to an aromatic ring is 1. The van der Waals surface area contributed by atoms with Crippen LogP contribution in [0.2, 0.25) is 5.15 Å². The highest BCUT2D eigenvalue weighted by Crippen LogP contribution is 2.13. The molecule has 1 unspecified atom stereocenters. The van der Waals surface area contributed by atoms with Crippen LogP contribution < -0.4 is 11.1 Å². The molecule has 1 aromatic rings. The fourth-order valence-electron chi connectivity index (χ4n) is 0.989. The molecule has 0 fully saturated rings. The Labute approximate surface area is 87.9 Å². The van der Waals surface area contributed by atoms with Crippen LogP contribution in [0.4, 0.5) is 11.8 Å². The first kappa shape index (κ1) is 10.6. The average Bonchev–Trinajstić information content (AvgIpc) is 2.01. The normalized spacial score (nSPS) is 11.8. The summed E-state index contributed by atoms with van der Waals surface area (Å²) in [4.78, 5) is 7.70. The Kier molecular flexibility index (Phi) is 3.55. The molecule has 0 radical (unpaired) electrons. The molecule has 0 aliphatic rings. The fourth-order valence-corrected chi connectivity index (χ4v) is 1.18. The van der Waals surface area contributed by atoms with Gasteiger partial charge in [-0.05, 0) is 6.92 Å². The van der Waals surface area contributed by atoms with Gasteiger partial charge in [-0.15, -0.1) is 12.3 Å². The van der Waals surface area contributed by atoms with E-state index in [-0.39, 0.29) is 12.0 Å². The van der Waals surface area contributed by atoms with Crippen molar-refractivity contribution in [1.82, 2.24) is 9.97 Å². The van der Waals surface area contributed by atoms with Crippen LogP contribution in [0.3, 0.4) is 0 Å². The largest absolute Gasteiger partial charge is 0.368 e. The molecule has 3 N–H and O–H groups in total. The molecule has 0 amide bonds. The van der Waals surface area contributed by atoms with Gasteiger partial charge < -0.3 is 11.1 Å². The van der Waals surface area contributed by atoms with E-state index in [0.717, 1.165) is 0 Å². The number of hydrogen-bond donors (Lipinski definition) is 2. The summed E-state index contributed by atoms with van der Waals surface area (Å²) in [5, 5.41) is 3.38. The quantitative estimate of drug-likeness (QED) is 0.587. The lowest BCUT2D eigenvalue weighted by Crippen LogP contribution is -2.15. The van der Waals surface area contributed by atoms with Gasteiger partial charge in [-0.1, -0.05) is 11.6 Å². The summed E-state index contributed by atoms with van der Waals surface area (Å²) in [6.07, 6.45) is 5.78. The molecule has 0 aliphatic heterocycles. The first-order chi connectivity index (χ1) is 6.61. The molecule has 1 atom stereocenters. The maximum atomic E-state index is 5.70. The summed E-state index contributed by atoms with van der Waals surface area (Å²) in [5.41, 5.74) is 5.42. The predicted octanol–water partition coefficient (Wildman–Crippen LogP) is 1.54. The maximum Gasteiger partial charge on any atom is 0.223 e. The van der Waals surface area contributed by atoms with Crippen LogP contribution in [-0.4, -0.2) is 16.0 Å². The molecule has 5 heteroatoms. The third kappa shape index (κ3) is 3.11. The summed E-state index contributed by atoms with van der Waals surface area (Å²) in [5.74, 6) is 3.28. The molecule has 0 aliphatic carbocycles. The zero-order chi connectivity index (χ0) is 10.6.